The van der Waals surface area contributed by atoms with Gasteiger partial charge >= 0.3 is 6.18 Å². The number of nitrogens with one attached hydrogen (secondary N) is 2. The predicted molar refractivity (Wildman–Crippen MR) is 96.0 cm³/mol. The highest BCUT2D eigenvalue weighted by atomic mass is 19.4. The standard InChI is InChI=1S/C20H19F4N3/c1-19(2)9-13(20(22,23)24)18(11-5-3-6-14(21)17(11)19)26-15-7-4-8-16-12(15)10-25-27-16/h3-8,10,13,18,26H,9H2,1-2H3,(H,25,27). The van der Waals surface area contributed by atoms with Crippen molar-refractivity contribution in [2.24, 2.45) is 5.92 Å². The zero-order valence-electron chi connectivity index (χ0n) is 14.9. The number of benzene rings is 2. The van der Waals surface area contributed by atoms with E-state index < -0.39 is 29.4 Å². The molecule has 2 aromatic carbocycles. The van der Waals surface area contributed by atoms with Crippen LogP contribution in [0.4, 0.5) is 23.2 Å². The molecule has 0 spiro atoms. The quantitative estimate of drug-likeness (QED) is 0.561. The van der Waals surface area contributed by atoms with Crippen molar-refractivity contribution in [2.45, 2.75) is 37.9 Å². The van der Waals surface area contributed by atoms with E-state index in [1.165, 1.54) is 12.1 Å². The zero-order chi connectivity index (χ0) is 19.4. The second-order valence-electron chi connectivity index (χ2n) is 7.70. The van der Waals surface area contributed by atoms with Gasteiger partial charge in [0.1, 0.15) is 5.82 Å². The molecule has 0 radical (unpaired) electrons. The van der Waals surface area contributed by atoms with Gasteiger partial charge in [-0.05, 0) is 41.2 Å². The van der Waals surface area contributed by atoms with Crippen LogP contribution in [0.5, 0.6) is 0 Å². The van der Waals surface area contributed by atoms with Gasteiger partial charge in [0, 0.05) is 11.1 Å². The van der Waals surface area contributed by atoms with Gasteiger partial charge < -0.3 is 5.32 Å². The number of H-pyrrole nitrogens is 1. The van der Waals surface area contributed by atoms with Crippen molar-refractivity contribution < 1.29 is 17.6 Å². The molecule has 27 heavy (non-hydrogen) atoms. The Labute approximate surface area is 153 Å². The van der Waals surface area contributed by atoms with Gasteiger partial charge in [0.05, 0.1) is 23.7 Å². The number of hydrogen-bond acceptors (Lipinski definition) is 2. The van der Waals surface area contributed by atoms with Gasteiger partial charge in [-0.2, -0.15) is 18.3 Å². The molecule has 1 aliphatic rings. The number of rotatable bonds is 2. The molecule has 1 aromatic heterocycles. The van der Waals surface area contributed by atoms with E-state index in [-0.39, 0.29) is 6.42 Å². The normalized spacial score (nSPS) is 21.9. The average Bonchev–Trinajstić information content (AvgIpc) is 3.05. The van der Waals surface area contributed by atoms with E-state index in [9.17, 15) is 17.6 Å². The SMILES string of the molecule is CC1(C)CC(C(F)(F)F)C(Nc2cccc3[nH]ncc23)c2cccc(F)c21. The monoisotopic (exact) mass is 377 g/mol. The molecule has 4 rings (SSSR count). The number of halogens is 4. The van der Waals surface area contributed by atoms with Crippen LogP contribution in [-0.2, 0) is 5.41 Å². The lowest BCUT2D eigenvalue weighted by atomic mass is 9.65. The fraction of sp³-hybridized carbons (Fsp3) is 0.350. The number of anilines is 1. The molecule has 0 saturated heterocycles. The first kappa shape index (κ1) is 17.8. The summed E-state index contributed by atoms with van der Waals surface area (Å²) in [6, 6.07) is 8.54. The molecule has 1 heterocycles. The topological polar surface area (TPSA) is 40.7 Å². The van der Waals surface area contributed by atoms with Crippen LogP contribution in [0.1, 0.15) is 37.4 Å². The van der Waals surface area contributed by atoms with Crippen LogP contribution in [0.15, 0.2) is 42.6 Å². The van der Waals surface area contributed by atoms with Crippen LogP contribution in [0.3, 0.4) is 0 Å². The van der Waals surface area contributed by atoms with E-state index in [2.05, 4.69) is 15.5 Å². The van der Waals surface area contributed by atoms with E-state index >= 15 is 0 Å². The van der Waals surface area contributed by atoms with Crippen molar-refractivity contribution in [2.75, 3.05) is 5.32 Å². The highest BCUT2D eigenvalue weighted by Gasteiger charge is 2.52. The Morgan fingerprint density at radius 3 is 2.63 bits per heavy atom. The summed E-state index contributed by atoms with van der Waals surface area (Å²) in [6.07, 6.45) is -3.04. The van der Waals surface area contributed by atoms with Crippen molar-refractivity contribution in [1.29, 1.82) is 0 Å². The molecule has 0 saturated carbocycles. The van der Waals surface area contributed by atoms with Crippen LogP contribution in [0, 0.1) is 11.7 Å². The highest BCUT2D eigenvalue weighted by Crippen LogP contribution is 2.52. The van der Waals surface area contributed by atoms with E-state index in [0.29, 0.717) is 22.2 Å². The molecular formula is C20H19F4N3. The maximum Gasteiger partial charge on any atom is 0.394 e. The summed E-state index contributed by atoms with van der Waals surface area (Å²) in [4.78, 5) is 0. The van der Waals surface area contributed by atoms with Gasteiger partial charge in [0.25, 0.3) is 0 Å². The number of fused-ring (bicyclic) bond motifs is 2. The van der Waals surface area contributed by atoms with Gasteiger partial charge in [0.2, 0.25) is 0 Å². The number of hydrogen-bond donors (Lipinski definition) is 2. The molecule has 3 nitrogen and oxygen atoms in total. The Morgan fingerprint density at radius 1 is 1.15 bits per heavy atom. The molecule has 0 aliphatic heterocycles. The molecule has 0 bridgehead atoms. The molecule has 2 atom stereocenters. The third-order valence-electron chi connectivity index (χ3n) is 5.41. The average molecular weight is 377 g/mol. The predicted octanol–water partition coefficient (Wildman–Crippen LogP) is 5.72. The van der Waals surface area contributed by atoms with E-state index in [0.717, 1.165) is 5.52 Å². The minimum atomic E-state index is -4.41. The van der Waals surface area contributed by atoms with Crippen LogP contribution >= 0.6 is 0 Å². The van der Waals surface area contributed by atoms with Crippen LogP contribution < -0.4 is 5.32 Å². The summed E-state index contributed by atoms with van der Waals surface area (Å²) in [6.45, 7) is 3.33. The summed E-state index contributed by atoms with van der Waals surface area (Å²) in [7, 11) is 0. The van der Waals surface area contributed by atoms with Gasteiger partial charge in [-0.25, -0.2) is 4.39 Å². The number of alkyl halides is 3. The van der Waals surface area contributed by atoms with E-state index in [1.54, 1.807) is 44.3 Å². The van der Waals surface area contributed by atoms with Crippen LogP contribution in [0.25, 0.3) is 10.9 Å². The maximum atomic E-state index is 14.6. The maximum absolute atomic E-state index is 14.6. The van der Waals surface area contributed by atoms with Gasteiger partial charge in [0.15, 0.2) is 0 Å². The third-order valence-corrected chi connectivity index (χ3v) is 5.41. The molecule has 1 aliphatic carbocycles. The van der Waals surface area contributed by atoms with Crippen molar-refractivity contribution in [3.8, 4) is 0 Å². The second-order valence-corrected chi connectivity index (χ2v) is 7.70. The molecule has 3 aromatic rings. The molecule has 2 unspecified atom stereocenters. The summed E-state index contributed by atoms with van der Waals surface area (Å²) in [5, 5.41) is 10.5. The summed E-state index contributed by atoms with van der Waals surface area (Å²) >= 11 is 0. The number of nitrogens with zero attached hydrogens (tertiary/aromatic N) is 1. The van der Waals surface area contributed by atoms with Crippen molar-refractivity contribution >= 4 is 16.6 Å². The fourth-order valence-electron chi connectivity index (χ4n) is 4.25. The van der Waals surface area contributed by atoms with Crippen LogP contribution in [0.2, 0.25) is 0 Å². The fourth-order valence-corrected chi connectivity index (χ4v) is 4.25. The van der Waals surface area contributed by atoms with Crippen molar-refractivity contribution in [3.05, 3.63) is 59.5 Å². The Kier molecular flexibility index (Phi) is 3.94. The smallest absolute Gasteiger partial charge is 0.377 e. The Morgan fingerprint density at radius 2 is 1.89 bits per heavy atom. The molecular weight excluding hydrogens is 358 g/mol. The largest absolute Gasteiger partial charge is 0.394 e. The lowest BCUT2D eigenvalue weighted by molar-refractivity contribution is -0.186. The molecule has 7 heteroatoms. The summed E-state index contributed by atoms with van der Waals surface area (Å²) in [5.74, 6) is -2.10. The molecule has 142 valence electrons. The summed E-state index contributed by atoms with van der Waals surface area (Å²) in [5.41, 5.74) is 1.05. The first-order valence-corrected chi connectivity index (χ1v) is 8.73. The highest BCUT2D eigenvalue weighted by molar-refractivity contribution is 5.91. The second kappa shape index (κ2) is 5.97. The lowest BCUT2D eigenvalue weighted by Gasteiger charge is -2.44. The molecule has 2 N–H and O–H groups in total. The lowest BCUT2D eigenvalue weighted by Crippen LogP contribution is -2.43. The van der Waals surface area contributed by atoms with Gasteiger partial charge in [-0.3, -0.25) is 5.10 Å². The van der Waals surface area contributed by atoms with Crippen molar-refractivity contribution in [3.63, 3.8) is 0 Å². The minimum absolute atomic E-state index is 0.191. The van der Waals surface area contributed by atoms with Crippen LogP contribution in [-0.4, -0.2) is 16.4 Å². The van der Waals surface area contributed by atoms with E-state index in [4.69, 9.17) is 0 Å². The molecule has 0 amide bonds. The Hall–Kier alpha value is -2.57. The zero-order valence-corrected chi connectivity index (χ0v) is 14.9. The van der Waals surface area contributed by atoms with Gasteiger partial charge in [-0.1, -0.05) is 32.0 Å². The first-order valence-electron chi connectivity index (χ1n) is 8.73. The van der Waals surface area contributed by atoms with Gasteiger partial charge in [-0.15, -0.1) is 0 Å². The molecule has 0 fully saturated rings. The first-order chi connectivity index (χ1) is 12.7. The Bertz CT molecular complexity index is 990. The van der Waals surface area contributed by atoms with Crippen molar-refractivity contribution in [1.82, 2.24) is 10.2 Å². The minimum Gasteiger partial charge on any atom is -0.377 e. The summed E-state index contributed by atoms with van der Waals surface area (Å²) < 4.78 is 56.4. The number of aromatic amines is 1. The number of aromatic nitrogens is 2. The third kappa shape index (κ3) is 2.95. The Balaban J connectivity index is 1.87. The van der Waals surface area contributed by atoms with E-state index in [1.807, 2.05) is 0 Å².